The van der Waals surface area contributed by atoms with E-state index in [2.05, 4.69) is 21.2 Å². The van der Waals surface area contributed by atoms with Gasteiger partial charge in [0.2, 0.25) is 10.0 Å². The molecule has 0 saturated carbocycles. The summed E-state index contributed by atoms with van der Waals surface area (Å²) in [6.45, 7) is 5.66. The zero-order valence-corrected chi connectivity index (χ0v) is 16.7. The molecule has 1 fully saturated rings. The van der Waals surface area contributed by atoms with Gasteiger partial charge >= 0.3 is 0 Å². The highest BCUT2D eigenvalue weighted by atomic mass is 32.2. The molecule has 0 amide bonds. The van der Waals surface area contributed by atoms with E-state index in [1.165, 1.54) is 4.31 Å². The second-order valence-corrected chi connectivity index (χ2v) is 8.20. The zero-order chi connectivity index (χ0) is 19.0. The van der Waals surface area contributed by atoms with E-state index in [0.29, 0.717) is 42.0 Å². The van der Waals surface area contributed by atoms with Crippen molar-refractivity contribution in [3.8, 4) is 0 Å². The summed E-state index contributed by atoms with van der Waals surface area (Å²) in [6, 6.07) is 6.75. The number of nitrogens with zero attached hydrogens (tertiary/aromatic N) is 2. The maximum Gasteiger partial charge on any atom is 0.243 e. The third kappa shape index (κ3) is 5.71. The van der Waals surface area contributed by atoms with Crippen LogP contribution in [-0.2, 0) is 14.8 Å². The third-order valence-electron chi connectivity index (χ3n) is 3.99. The number of ether oxygens (including phenoxy) is 1. The SMILES string of the molecule is COCCNC(=S)N/N=C(/C)c1ccc(S(=O)(=O)N2CC[NH2+]CC2)cc1. The molecule has 0 aliphatic carbocycles. The predicted molar refractivity (Wildman–Crippen MR) is 105 cm³/mol. The largest absolute Gasteiger partial charge is 0.383 e. The highest BCUT2D eigenvalue weighted by Crippen LogP contribution is 2.16. The molecule has 144 valence electrons. The first-order valence-electron chi connectivity index (χ1n) is 8.44. The standard InChI is InChI=1S/C16H25N5O3S2/c1-13(19-20-16(25)18-9-12-24-2)14-3-5-15(6-4-14)26(22,23)21-10-7-17-8-11-21/h3-6,17H,7-12H2,1-2H3,(H2,18,20,25)/p+1/b19-13-. The Bertz CT molecular complexity index is 729. The van der Waals surface area contributed by atoms with Crippen LogP contribution in [0.2, 0.25) is 0 Å². The summed E-state index contributed by atoms with van der Waals surface area (Å²) >= 11 is 5.11. The van der Waals surface area contributed by atoms with E-state index < -0.39 is 10.0 Å². The number of nitrogens with one attached hydrogen (secondary N) is 2. The smallest absolute Gasteiger partial charge is 0.243 e. The number of thiocarbonyl (C=S) groups is 1. The number of sulfonamides is 1. The van der Waals surface area contributed by atoms with Crippen LogP contribution in [0.5, 0.6) is 0 Å². The lowest BCUT2D eigenvalue weighted by molar-refractivity contribution is -0.661. The second kappa shape index (κ2) is 9.93. The van der Waals surface area contributed by atoms with E-state index >= 15 is 0 Å². The number of hydrogen-bond acceptors (Lipinski definition) is 5. The van der Waals surface area contributed by atoms with Gasteiger partial charge in [-0.25, -0.2) is 8.42 Å². The number of hydrazone groups is 1. The molecule has 0 atom stereocenters. The van der Waals surface area contributed by atoms with E-state index in [-0.39, 0.29) is 0 Å². The summed E-state index contributed by atoms with van der Waals surface area (Å²) in [7, 11) is -1.81. The van der Waals surface area contributed by atoms with Gasteiger partial charge in [0.05, 0.1) is 43.4 Å². The van der Waals surface area contributed by atoms with Crippen LogP contribution in [0.15, 0.2) is 34.3 Å². The van der Waals surface area contributed by atoms with E-state index in [4.69, 9.17) is 17.0 Å². The van der Waals surface area contributed by atoms with Crippen molar-refractivity contribution in [3.05, 3.63) is 29.8 Å². The fourth-order valence-corrected chi connectivity index (χ4v) is 4.11. The van der Waals surface area contributed by atoms with Gasteiger partial charge in [0.1, 0.15) is 0 Å². The topological polar surface area (TPSA) is 99.6 Å². The molecule has 1 aromatic carbocycles. The van der Waals surface area contributed by atoms with Gasteiger partial charge in [-0.05, 0) is 36.8 Å². The average molecular weight is 401 g/mol. The highest BCUT2D eigenvalue weighted by molar-refractivity contribution is 7.89. The van der Waals surface area contributed by atoms with Crippen LogP contribution in [0, 0.1) is 0 Å². The molecule has 1 aliphatic rings. The fourth-order valence-electron chi connectivity index (χ4n) is 2.49. The van der Waals surface area contributed by atoms with Crippen LogP contribution in [0.25, 0.3) is 0 Å². The molecule has 0 aromatic heterocycles. The van der Waals surface area contributed by atoms with Crippen molar-refractivity contribution in [3.63, 3.8) is 0 Å². The van der Waals surface area contributed by atoms with Gasteiger partial charge in [-0.2, -0.15) is 9.41 Å². The summed E-state index contributed by atoms with van der Waals surface area (Å²) in [5, 5.41) is 9.70. The molecule has 10 heteroatoms. The van der Waals surface area contributed by atoms with Crippen LogP contribution < -0.4 is 16.1 Å². The van der Waals surface area contributed by atoms with Crippen LogP contribution in [-0.4, -0.2) is 70.0 Å². The molecule has 26 heavy (non-hydrogen) atoms. The van der Waals surface area contributed by atoms with E-state index in [9.17, 15) is 8.42 Å². The first-order valence-corrected chi connectivity index (χ1v) is 10.3. The molecule has 0 radical (unpaired) electrons. The lowest BCUT2D eigenvalue weighted by Gasteiger charge is -2.24. The zero-order valence-electron chi connectivity index (χ0n) is 15.1. The molecular weight excluding hydrogens is 374 g/mol. The Kier molecular flexibility index (Phi) is 7.91. The molecule has 1 aromatic rings. The minimum absolute atomic E-state index is 0.306. The number of quaternary nitrogens is 1. The predicted octanol–water partition coefficient (Wildman–Crippen LogP) is -0.911. The Labute approximate surface area is 160 Å². The number of rotatable bonds is 7. The molecule has 1 saturated heterocycles. The van der Waals surface area contributed by atoms with Crippen molar-refractivity contribution < 1.29 is 18.5 Å². The van der Waals surface area contributed by atoms with Gasteiger partial charge in [-0.3, -0.25) is 5.43 Å². The maximum atomic E-state index is 12.6. The van der Waals surface area contributed by atoms with Gasteiger partial charge in [0.25, 0.3) is 0 Å². The minimum Gasteiger partial charge on any atom is -0.383 e. The van der Waals surface area contributed by atoms with Crippen molar-refractivity contribution in [1.29, 1.82) is 0 Å². The number of methoxy groups -OCH3 is 1. The maximum absolute atomic E-state index is 12.6. The lowest BCUT2D eigenvalue weighted by Crippen LogP contribution is -2.89. The van der Waals surface area contributed by atoms with Gasteiger partial charge in [-0.15, -0.1) is 0 Å². The number of hydrogen-bond donors (Lipinski definition) is 3. The van der Waals surface area contributed by atoms with Gasteiger partial charge in [0, 0.05) is 13.7 Å². The molecule has 8 nitrogen and oxygen atoms in total. The monoisotopic (exact) mass is 400 g/mol. The van der Waals surface area contributed by atoms with Crippen LogP contribution in [0.1, 0.15) is 12.5 Å². The molecule has 0 spiro atoms. The molecular formula is C16H26N5O3S2+. The van der Waals surface area contributed by atoms with Crippen molar-refractivity contribution >= 4 is 33.1 Å². The summed E-state index contributed by atoms with van der Waals surface area (Å²) in [4.78, 5) is 0.306. The van der Waals surface area contributed by atoms with Gasteiger partial charge in [0.15, 0.2) is 5.11 Å². The van der Waals surface area contributed by atoms with Crippen molar-refractivity contribution in [1.82, 2.24) is 15.0 Å². The van der Waals surface area contributed by atoms with Gasteiger partial charge < -0.3 is 15.4 Å². The molecule has 2 rings (SSSR count). The van der Waals surface area contributed by atoms with E-state index in [1.54, 1.807) is 31.4 Å². The Hall–Kier alpha value is -1.59. The number of benzene rings is 1. The number of nitrogens with two attached hydrogens (primary N) is 1. The van der Waals surface area contributed by atoms with Crippen LogP contribution >= 0.6 is 12.2 Å². The Morgan fingerprint density at radius 3 is 2.58 bits per heavy atom. The summed E-state index contributed by atoms with van der Waals surface area (Å²) in [5.74, 6) is 0. The number of piperazine rings is 1. The molecule has 0 unspecified atom stereocenters. The first kappa shape index (κ1) is 20.7. The van der Waals surface area contributed by atoms with Crippen LogP contribution in [0.4, 0.5) is 0 Å². The Morgan fingerprint density at radius 1 is 1.31 bits per heavy atom. The normalized spacial score (nSPS) is 16.3. The summed E-state index contributed by atoms with van der Waals surface area (Å²) < 4.78 is 31.8. The van der Waals surface area contributed by atoms with Gasteiger partial charge in [-0.1, -0.05) is 12.1 Å². The second-order valence-electron chi connectivity index (χ2n) is 5.85. The van der Waals surface area contributed by atoms with Crippen molar-refractivity contribution in [2.75, 3.05) is 46.4 Å². The van der Waals surface area contributed by atoms with Crippen LogP contribution in [0.3, 0.4) is 0 Å². The summed E-state index contributed by atoms with van der Waals surface area (Å²) in [6.07, 6.45) is 0. The summed E-state index contributed by atoms with van der Waals surface area (Å²) in [5.41, 5.74) is 4.29. The quantitative estimate of drug-likeness (QED) is 0.237. The molecule has 4 N–H and O–H groups in total. The minimum atomic E-state index is -3.43. The van der Waals surface area contributed by atoms with E-state index in [1.807, 2.05) is 6.92 Å². The molecule has 0 bridgehead atoms. The van der Waals surface area contributed by atoms with E-state index in [0.717, 1.165) is 18.7 Å². The Balaban J connectivity index is 1.99. The Morgan fingerprint density at radius 2 is 1.96 bits per heavy atom. The van der Waals surface area contributed by atoms with Crippen molar-refractivity contribution in [2.24, 2.45) is 5.10 Å². The fraction of sp³-hybridized carbons (Fsp3) is 0.500. The lowest BCUT2D eigenvalue weighted by atomic mass is 10.1. The molecule has 1 aliphatic heterocycles. The third-order valence-corrected chi connectivity index (χ3v) is 6.14. The highest BCUT2D eigenvalue weighted by Gasteiger charge is 2.27. The van der Waals surface area contributed by atoms with Crippen molar-refractivity contribution in [2.45, 2.75) is 11.8 Å². The average Bonchev–Trinajstić information content (AvgIpc) is 2.67. The molecule has 1 heterocycles. The first-order chi connectivity index (χ1) is 12.4.